The maximum absolute atomic E-state index is 13.7. The zero-order valence-electron chi connectivity index (χ0n) is 22.7. The molecule has 12 nitrogen and oxygen atoms in total. The minimum Gasteiger partial charge on any atom is -0.463 e. The predicted molar refractivity (Wildman–Crippen MR) is 145 cm³/mol. The van der Waals surface area contributed by atoms with Crippen LogP contribution < -0.4 is 5.56 Å². The maximum atomic E-state index is 13.7. The van der Waals surface area contributed by atoms with Gasteiger partial charge in [0.15, 0.2) is 28.9 Å². The highest BCUT2D eigenvalue weighted by atomic mass is 32.2. The van der Waals surface area contributed by atoms with Crippen LogP contribution in [-0.4, -0.2) is 69.9 Å². The maximum Gasteiger partial charge on any atom is 0.303 e. The van der Waals surface area contributed by atoms with E-state index in [0.717, 1.165) is 32.5 Å². The Labute approximate surface area is 238 Å². The normalized spacial score (nSPS) is 22.0. The number of aromatic nitrogens is 2. The molecule has 0 N–H and O–H groups in total. The summed E-state index contributed by atoms with van der Waals surface area (Å²) < 4.78 is 29.2. The summed E-state index contributed by atoms with van der Waals surface area (Å²) >= 11 is 0.935. The third kappa shape index (κ3) is 7.11. The Morgan fingerprint density at radius 3 is 2.02 bits per heavy atom. The Kier molecular flexibility index (Phi) is 9.40. The van der Waals surface area contributed by atoms with Gasteiger partial charge in [0.1, 0.15) is 12.7 Å². The van der Waals surface area contributed by atoms with Gasteiger partial charge in [-0.15, -0.1) is 0 Å². The van der Waals surface area contributed by atoms with Crippen LogP contribution in [0.5, 0.6) is 0 Å². The van der Waals surface area contributed by atoms with Gasteiger partial charge in [-0.3, -0.25) is 28.5 Å². The third-order valence-electron chi connectivity index (χ3n) is 5.93. The van der Waals surface area contributed by atoms with Crippen LogP contribution in [0.1, 0.15) is 27.7 Å². The lowest BCUT2D eigenvalue weighted by molar-refractivity contribution is -0.237. The summed E-state index contributed by atoms with van der Waals surface area (Å²) in [6, 6.07) is 15.6. The van der Waals surface area contributed by atoms with E-state index < -0.39 is 53.7 Å². The molecular formula is C28H28N2O10S. The van der Waals surface area contributed by atoms with Crippen LogP contribution in [0.3, 0.4) is 0 Å². The number of hydrogen-bond donors (Lipinski definition) is 0. The van der Waals surface area contributed by atoms with E-state index in [2.05, 4.69) is 0 Å². The molecule has 0 amide bonds. The molecule has 41 heavy (non-hydrogen) atoms. The van der Waals surface area contributed by atoms with E-state index in [-0.39, 0.29) is 17.3 Å². The van der Waals surface area contributed by atoms with E-state index in [1.54, 1.807) is 54.6 Å². The fraction of sp³-hybridized carbons (Fsp3) is 0.357. The van der Waals surface area contributed by atoms with Crippen molar-refractivity contribution in [3.05, 3.63) is 65.0 Å². The monoisotopic (exact) mass is 584 g/mol. The van der Waals surface area contributed by atoms with Crippen molar-refractivity contribution in [1.82, 2.24) is 9.55 Å². The highest BCUT2D eigenvalue weighted by Crippen LogP contribution is 2.37. The molecule has 1 saturated heterocycles. The number of ether oxygens (including phenoxy) is 5. The molecule has 13 heteroatoms. The van der Waals surface area contributed by atoms with Gasteiger partial charge in [0.05, 0.1) is 16.6 Å². The molecule has 0 spiro atoms. The third-order valence-corrected chi connectivity index (χ3v) is 7.03. The van der Waals surface area contributed by atoms with E-state index >= 15 is 0 Å². The molecule has 1 aliphatic rings. The lowest BCUT2D eigenvalue weighted by Gasteiger charge is -2.44. The van der Waals surface area contributed by atoms with Gasteiger partial charge in [0, 0.05) is 27.7 Å². The van der Waals surface area contributed by atoms with Crippen LogP contribution in [0.2, 0.25) is 0 Å². The van der Waals surface area contributed by atoms with Gasteiger partial charge in [-0.05, 0) is 24.3 Å². The van der Waals surface area contributed by atoms with Gasteiger partial charge in [0.25, 0.3) is 5.56 Å². The second-order valence-corrected chi connectivity index (χ2v) is 10.1. The zero-order chi connectivity index (χ0) is 29.7. The summed E-state index contributed by atoms with van der Waals surface area (Å²) in [6.07, 6.45) is -5.08. The molecule has 2 aromatic carbocycles. The number of thioether (sulfide) groups is 1. The number of para-hydroxylation sites is 2. The molecule has 0 aliphatic carbocycles. The SMILES string of the molecule is CC(=O)OC[C@H]1O[C@@H](Sc2nc3ccccc3c(=O)n2-c2ccccc2)[C@H](OC(C)=O)[C@@H](OC(C)=O)[C@H]1OC(C)=O. The summed E-state index contributed by atoms with van der Waals surface area (Å²) in [4.78, 5) is 66.4. The Morgan fingerprint density at radius 2 is 1.39 bits per heavy atom. The van der Waals surface area contributed by atoms with E-state index in [0.29, 0.717) is 16.6 Å². The number of benzene rings is 2. The summed E-state index contributed by atoms with van der Waals surface area (Å²) in [5.74, 6) is -2.83. The molecule has 3 aromatic rings. The molecule has 0 radical (unpaired) electrons. The van der Waals surface area contributed by atoms with Crippen molar-refractivity contribution in [2.45, 2.75) is 62.7 Å². The second kappa shape index (κ2) is 13.0. The fourth-order valence-corrected chi connectivity index (χ4v) is 5.58. The highest BCUT2D eigenvalue weighted by molar-refractivity contribution is 7.99. The lowest BCUT2D eigenvalue weighted by atomic mass is 9.99. The topological polar surface area (TPSA) is 149 Å². The Bertz CT molecular complexity index is 1510. The minimum atomic E-state index is -1.34. The molecule has 0 saturated carbocycles. The molecule has 1 aliphatic heterocycles. The van der Waals surface area contributed by atoms with Crippen molar-refractivity contribution < 1.29 is 42.9 Å². The van der Waals surface area contributed by atoms with Crippen LogP contribution in [0.25, 0.3) is 16.6 Å². The van der Waals surface area contributed by atoms with Crippen LogP contribution >= 0.6 is 11.8 Å². The summed E-state index contributed by atoms with van der Waals surface area (Å²) in [5.41, 5.74) is -0.574. The standard InChI is InChI=1S/C28H28N2O10S/c1-15(31)36-14-22-23(37-16(2)32)24(38-17(3)33)25(39-18(4)34)27(40-22)41-28-29-21-13-9-8-12-20(21)26(35)30(28)19-10-6-5-7-11-19/h5-13,22-25,27H,14H2,1-4H3/t22-,23+,24+,25-,27+/m1/s1. The highest BCUT2D eigenvalue weighted by Gasteiger charge is 2.52. The largest absolute Gasteiger partial charge is 0.463 e. The Balaban J connectivity index is 1.86. The Morgan fingerprint density at radius 1 is 0.805 bits per heavy atom. The number of carbonyl (C=O) groups excluding carboxylic acids is 4. The van der Waals surface area contributed by atoms with E-state index in [1.165, 1.54) is 11.5 Å². The van der Waals surface area contributed by atoms with E-state index in [9.17, 15) is 24.0 Å². The van der Waals surface area contributed by atoms with Gasteiger partial charge in [-0.25, -0.2) is 4.98 Å². The molecule has 5 atom stereocenters. The molecule has 1 fully saturated rings. The fourth-order valence-electron chi connectivity index (χ4n) is 4.38. The lowest BCUT2D eigenvalue weighted by Crippen LogP contribution is -2.61. The average molecular weight is 585 g/mol. The van der Waals surface area contributed by atoms with Crippen molar-refractivity contribution in [2.75, 3.05) is 6.61 Å². The molecule has 4 rings (SSSR count). The predicted octanol–water partition coefficient (Wildman–Crippen LogP) is 2.56. The first-order valence-corrected chi connectivity index (χ1v) is 13.5. The van der Waals surface area contributed by atoms with Crippen LogP contribution in [0, 0.1) is 0 Å². The average Bonchev–Trinajstić information content (AvgIpc) is 2.91. The Hall–Kier alpha value is -4.23. The first-order chi connectivity index (χ1) is 19.5. The summed E-state index contributed by atoms with van der Waals surface area (Å²) in [7, 11) is 0. The van der Waals surface area contributed by atoms with Gasteiger partial charge >= 0.3 is 23.9 Å². The quantitative estimate of drug-likeness (QED) is 0.218. The minimum absolute atomic E-state index is 0.181. The summed E-state index contributed by atoms with van der Waals surface area (Å²) in [5, 5.41) is 0.558. The van der Waals surface area contributed by atoms with Crippen molar-refractivity contribution in [3.63, 3.8) is 0 Å². The van der Waals surface area contributed by atoms with Crippen molar-refractivity contribution >= 4 is 46.5 Å². The van der Waals surface area contributed by atoms with Gasteiger partial charge in [0.2, 0.25) is 0 Å². The van der Waals surface area contributed by atoms with Crippen LogP contribution in [-0.2, 0) is 42.9 Å². The van der Waals surface area contributed by atoms with Crippen molar-refractivity contribution in [2.24, 2.45) is 0 Å². The molecule has 0 bridgehead atoms. The molecule has 2 heterocycles. The van der Waals surface area contributed by atoms with Crippen molar-refractivity contribution in [1.29, 1.82) is 0 Å². The summed E-state index contributed by atoms with van der Waals surface area (Å²) in [6.45, 7) is 4.27. The smallest absolute Gasteiger partial charge is 0.303 e. The van der Waals surface area contributed by atoms with Gasteiger partial charge < -0.3 is 23.7 Å². The molecule has 1 aromatic heterocycles. The van der Waals surface area contributed by atoms with Crippen LogP contribution in [0.4, 0.5) is 0 Å². The van der Waals surface area contributed by atoms with Crippen molar-refractivity contribution in [3.8, 4) is 5.69 Å². The second-order valence-electron chi connectivity index (χ2n) is 9.07. The first kappa shape index (κ1) is 29.7. The number of nitrogens with zero attached hydrogens (tertiary/aromatic N) is 2. The molecule has 216 valence electrons. The first-order valence-electron chi connectivity index (χ1n) is 12.6. The van der Waals surface area contributed by atoms with Gasteiger partial charge in [-0.2, -0.15) is 0 Å². The number of hydrogen-bond acceptors (Lipinski definition) is 12. The number of esters is 4. The molecular weight excluding hydrogens is 556 g/mol. The van der Waals surface area contributed by atoms with E-state index in [1.807, 2.05) is 0 Å². The van der Waals surface area contributed by atoms with Crippen LogP contribution in [0.15, 0.2) is 64.5 Å². The number of fused-ring (bicyclic) bond motifs is 1. The molecule has 0 unspecified atom stereocenters. The number of carbonyl (C=O) groups is 4. The van der Waals surface area contributed by atoms with Gasteiger partial charge in [-0.1, -0.05) is 42.1 Å². The zero-order valence-corrected chi connectivity index (χ0v) is 23.5. The number of rotatable bonds is 8. The van der Waals surface area contributed by atoms with E-state index in [4.69, 9.17) is 28.7 Å².